The van der Waals surface area contributed by atoms with Gasteiger partial charge in [-0.2, -0.15) is 0 Å². The minimum atomic E-state index is -0.351. The van der Waals surface area contributed by atoms with Crippen molar-refractivity contribution in [3.05, 3.63) is 65.2 Å². The lowest BCUT2D eigenvalue weighted by atomic mass is 9.92. The standard InChI is InChI=1S/C25H28N4O4/c1-5-28(6-2)24(32)20-12-10-18(26-20)23(17-15-16(30)9-14-22(17)31)19-11-13-21(27-19)25(33)29(7-3)8-4/h9-15,26H,5-8H2,1-4H3/b23-19-. The van der Waals surface area contributed by atoms with Crippen molar-refractivity contribution in [3.63, 3.8) is 0 Å². The van der Waals surface area contributed by atoms with Crippen LogP contribution in [0.5, 0.6) is 0 Å². The molecule has 2 heterocycles. The highest BCUT2D eigenvalue weighted by Crippen LogP contribution is 2.32. The normalized spacial score (nSPS) is 16.6. The van der Waals surface area contributed by atoms with Gasteiger partial charge in [-0.15, -0.1) is 0 Å². The van der Waals surface area contributed by atoms with E-state index in [1.807, 2.05) is 27.7 Å². The van der Waals surface area contributed by atoms with Gasteiger partial charge in [0.1, 0.15) is 11.4 Å². The van der Waals surface area contributed by atoms with Crippen LogP contribution >= 0.6 is 0 Å². The Morgan fingerprint density at radius 2 is 1.42 bits per heavy atom. The van der Waals surface area contributed by atoms with Crippen molar-refractivity contribution in [1.82, 2.24) is 14.8 Å². The number of ketones is 2. The molecule has 1 aromatic rings. The predicted octanol–water partition coefficient (Wildman–Crippen LogP) is 2.72. The van der Waals surface area contributed by atoms with Crippen LogP contribution in [-0.2, 0) is 14.4 Å². The minimum absolute atomic E-state index is 0.158. The molecule has 8 heteroatoms. The van der Waals surface area contributed by atoms with Gasteiger partial charge in [-0.1, -0.05) is 0 Å². The van der Waals surface area contributed by atoms with Gasteiger partial charge in [0.05, 0.1) is 5.70 Å². The lowest BCUT2D eigenvalue weighted by Crippen LogP contribution is -2.35. The largest absolute Gasteiger partial charge is 0.350 e. The van der Waals surface area contributed by atoms with Crippen LogP contribution in [0.2, 0.25) is 0 Å². The molecular weight excluding hydrogens is 420 g/mol. The van der Waals surface area contributed by atoms with Crippen LogP contribution in [0.15, 0.2) is 58.8 Å². The van der Waals surface area contributed by atoms with Crippen molar-refractivity contribution in [2.24, 2.45) is 4.99 Å². The second-order valence-electron chi connectivity index (χ2n) is 7.49. The molecule has 0 bridgehead atoms. The molecule has 8 nitrogen and oxygen atoms in total. The van der Waals surface area contributed by atoms with Crippen LogP contribution in [0, 0.1) is 0 Å². The Bertz CT molecular complexity index is 1140. The van der Waals surface area contributed by atoms with E-state index in [9.17, 15) is 19.2 Å². The Balaban J connectivity index is 2.11. The monoisotopic (exact) mass is 448 g/mol. The van der Waals surface area contributed by atoms with Gasteiger partial charge in [0.2, 0.25) is 0 Å². The highest BCUT2D eigenvalue weighted by Gasteiger charge is 2.27. The molecule has 172 valence electrons. The molecule has 1 aliphatic heterocycles. The molecule has 0 radical (unpaired) electrons. The third-order valence-electron chi connectivity index (χ3n) is 5.62. The molecule has 33 heavy (non-hydrogen) atoms. The van der Waals surface area contributed by atoms with Crippen LogP contribution in [0.25, 0.3) is 5.57 Å². The van der Waals surface area contributed by atoms with E-state index in [1.54, 1.807) is 34.1 Å². The number of H-pyrrole nitrogens is 1. The summed E-state index contributed by atoms with van der Waals surface area (Å²) >= 11 is 0. The summed E-state index contributed by atoms with van der Waals surface area (Å²) in [5, 5.41) is 0. The third kappa shape index (κ3) is 4.84. The van der Waals surface area contributed by atoms with Crippen molar-refractivity contribution < 1.29 is 19.2 Å². The number of nitrogens with zero attached hydrogens (tertiary/aromatic N) is 3. The Morgan fingerprint density at radius 3 is 2.06 bits per heavy atom. The molecule has 0 saturated carbocycles. The number of carbonyl (C=O) groups excluding carboxylic acids is 4. The molecule has 0 saturated heterocycles. The highest BCUT2D eigenvalue weighted by molar-refractivity contribution is 6.44. The zero-order valence-electron chi connectivity index (χ0n) is 19.3. The number of hydrogen-bond donors (Lipinski definition) is 1. The zero-order valence-corrected chi connectivity index (χ0v) is 19.3. The van der Waals surface area contributed by atoms with Crippen molar-refractivity contribution in [2.45, 2.75) is 27.7 Å². The number of allylic oxidation sites excluding steroid dienone is 6. The van der Waals surface area contributed by atoms with Gasteiger partial charge in [0.25, 0.3) is 11.8 Å². The maximum Gasteiger partial charge on any atom is 0.272 e. The topological polar surface area (TPSA) is 103 Å². The Morgan fingerprint density at radius 1 is 0.818 bits per heavy atom. The first kappa shape index (κ1) is 23.8. The lowest BCUT2D eigenvalue weighted by Gasteiger charge is -2.18. The van der Waals surface area contributed by atoms with Crippen LogP contribution < -0.4 is 0 Å². The van der Waals surface area contributed by atoms with E-state index < -0.39 is 0 Å². The summed E-state index contributed by atoms with van der Waals surface area (Å²) in [7, 11) is 0. The first-order valence-electron chi connectivity index (χ1n) is 11.1. The molecular formula is C25H28N4O4. The molecule has 2 aliphatic rings. The van der Waals surface area contributed by atoms with Gasteiger partial charge in [-0.25, -0.2) is 4.99 Å². The Labute approximate surface area is 193 Å². The molecule has 1 aromatic heterocycles. The molecule has 0 atom stereocenters. The number of aromatic nitrogens is 1. The zero-order chi connectivity index (χ0) is 24.1. The molecule has 1 N–H and O–H groups in total. The summed E-state index contributed by atoms with van der Waals surface area (Å²) in [4.78, 5) is 61.2. The maximum absolute atomic E-state index is 12.8. The van der Waals surface area contributed by atoms with E-state index >= 15 is 0 Å². The van der Waals surface area contributed by atoms with Crippen LogP contribution in [-0.4, -0.2) is 70.1 Å². The molecule has 0 unspecified atom stereocenters. The maximum atomic E-state index is 12.8. The van der Waals surface area contributed by atoms with Crippen LogP contribution in [0.3, 0.4) is 0 Å². The van der Waals surface area contributed by atoms with Crippen LogP contribution in [0.4, 0.5) is 0 Å². The fourth-order valence-corrected chi connectivity index (χ4v) is 3.77. The van der Waals surface area contributed by atoms with E-state index in [2.05, 4.69) is 9.98 Å². The second kappa shape index (κ2) is 10.2. The van der Waals surface area contributed by atoms with E-state index in [4.69, 9.17) is 0 Å². The SMILES string of the molecule is CCN(CC)C(=O)C1=N/C(=C(/C2=CC(=O)C=CC2=O)c2ccc(C(=O)N(CC)CC)[nH]2)C=C1. The van der Waals surface area contributed by atoms with Crippen molar-refractivity contribution in [3.8, 4) is 0 Å². The molecule has 1 aliphatic carbocycles. The number of amides is 2. The summed E-state index contributed by atoms with van der Waals surface area (Å²) in [5.41, 5.74) is 1.98. The Hall–Kier alpha value is -3.81. The molecule has 3 rings (SSSR count). The van der Waals surface area contributed by atoms with Crippen molar-refractivity contribution in [2.75, 3.05) is 26.2 Å². The van der Waals surface area contributed by atoms with E-state index in [-0.39, 0.29) is 34.7 Å². The van der Waals surface area contributed by atoms with E-state index in [0.29, 0.717) is 48.8 Å². The second-order valence-corrected chi connectivity index (χ2v) is 7.49. The first-order valence-corrected chi connectivity index (χ1v) is 11.1. The Kier molecular flexibility index (Phi) is 7.37. The highest BCUT2D eigenvalue weighted by atomic mass is 16.2. The van der Waals surface area contributed by atoms with Crippen molar-refractivity contribution >= 4 is 34.7 Å². The van der Waals surface area contributed by atoms with Gasteiger partial charge in [0, 0.05) is 43.0 Å². The summed E-state index contributed by atoms with van der Waals surface area (Å²) < 4.78 is 0. The van der Waals surface area contributed by atoms with Gasteiger partial charge >= 0.3 is 0 Å². The van der Waals surface area contributed by atoms with E-state index in [0.717, 1.165) is 0 Å². The fourth-order valence-electron chi connectivity index (χ4n) is 3.77. The average Bonchev–Trinajstić information content (AvgIpc) is 3.48. The molecule has 2 amide bonds. The fraction of sp³-hybridized carbons (Fsp3) is 0.320. The quantitative estimate of drug-likeness (QED) is 0.618. The summed E-state index contributed by atoms with van der Waals surface area (Å²) in [5.74, 6) is -1.05. The van der Waals surface area contributed by atoms with Crippen molar-refractivity contribution in [1.29, 1.82) is 0 Å². The number of rotatable bonds is 8. The number of aromatic amines is 1. The summed E-state index contributed by atoms with van der Waals surface area (Å²) in [6, 6.07) is 3.33. The average molecular weight is 449 g/mol. The third-order valence-corrected chi connectivity index (χ3v) is 5.62. The van der Waals surface area contributed by atoms with Gasteiger partial charge < -0.3 is 14.8 Å². The van der Waals surface area contributed by atoms with Gasteiger partial charge in [0.15, 0.2) is 11.6 Å². The lowest BCUT2D eigenvalue weighted by molar-refractivity contribution is -0.123. The summed E-state index contributed by atoms with van der Waals surface area (Å²) in [6.45, 7) is 9.78. The van der Waals surface area contributed by atoms with E-state index in [1.165, 1.54) is 18.2 Å². The number of hydrogen-bond acceptors (Lipinski definition) is 5. The minimum Gasteiger partial charge on any atom is -0.350 e. The first-order chi connectivity index (χ1) is 15.8. The molecule has 0 fully saturated rings. The van der Waals surface area contributed by atoms with Gasteiger partial charge in [-0.05, 0) is 70.2 Å². The van der Waals surface area contributed by atoms with Crippen LogP contribution in [0.1, 0.15) is 43.9 Å². The number of aliphatic imine (C=N–C) groups is 1. The number of carbonyl (C=O) groups is 4. The smallest absolute Gasteiger partial charge is 0.272 e. The summed E-state index contributed by atoms with van der Waals surface area (Å²) in [6.07, 6.45) is 6.93. The van der Waals surface area contributed by atoms with Gasteiger partial charge in [-0.3, -0.25) is 19.2 Å². The predicted molar refractivity (Wildman–Crippen MR) is 127 cm³/mol. The number of nitrogens with one attached hydrogen (secondary N) is 1. The molecule has 0 spiro atoms. The molecule has 0 aromatic carbocycles.